The van der Waals surface area contributed by atoms with Gasteiger partial charge in [-0.25, -0.2) is 0 Å². The predicted molar refractivity (Wildman–Crippen MR) is 58.0 cm³/mol. The summed E-state index contributed by atoms with van der Waals surface area (Å²) in [7, 11) is 0. The van der Waals surface area contributed by atoms with Gasteiger partial charge < -0.3 is 5.73 Å². The molecule has 1 aromatic rings. The van der Waals surface area contributed by atoms with E-state index in [2.05, 4.69) is 31.0 Å². The molecule has 14 heavy (non-hydrogen) atoms. The first-order chi connectivity index (χ1) is 6.57. The average Bonchev–Trinajstić information content (AvgIpc) is 2.69. The molecule has 1 aliphatic rings. The van der Waals surface area contributed by atoms with Gasteiger partial charge in [-0.15, -0.1) is 0 Å². The van der Waals surface area contributed by atoms with Gasteiger partial charge in [0.05, 0.1) is 0 Å². The average molecular weight is 190 g/mol. The van der Waals surface area contributed by atoms with Gasteiger partial charge in [-0.05, 0) is 42.3 Å². The molecule has 2 heteroatoms. The van der Waals surface area contributed by atoms with Crippen LogP contribution in [0, 0.1) is 18.3 Å². The number of aromatic nitrogens is 1. The van der Waals surface area contributed by atoms with Crippen LogP contribution in [0.2, 0.25) is 0 Å². The highest BCUT2D eigenvalue weighted by molar-refractivity contribution is 5.30. The Morgan fingerprint density at radius 3 is 2.57 bits per heavy atom. The van der Waals surface area contributed by atoms with Crippen LogP contribution in [0.5, 0.6) is 0 Å². The molecule has 76 valence electrons. The van der Waals surface area contributed by atoms with Crippen molar-refractivity contribution in [3.8, 4) is 0 Å². The molecule has 2 nitrogen and oxygen atoms in total. The Labute approximate surface area is 85.5 Å². The summed E-state index contributed by atoms with van der Waals surface area (Å²) in [6, 6.07) is 4.27. The van der Waals surface area contributed by atoms with E-state index in [4.69, 9.17) is 5.73 Å². The van der Waals surface area contributed by atoms with Gasteiger partial charge in [-0.3, -0.25) is 4.98 Å². The Bertz CT molecular complexity index is 327. The zero-order valence-corrected chi connectivity index (χ0v) is 9.12. The lowest BCUT2D eigenvalue weighted by molar-refractivity contribution is 0.558. The van der Waals surface area contributed by atoms with Crippen molar-refractivity contribution in [3.05, 3.63) is 29.6 Å². The molecule has 1 saturated carbocycles. The molecule has 0 aliphatic heterocycles. The number of rotatable bonds is 2. The monoisotopic (exact) mass is 190 g/mol. The lowest BCUT2D eigenvalue weighted by Crippen LogP contribution is -2.05. The van der Waals surface area contributed by atoms with E-state index in [1.165, 1.54) is 5.56 Å². The Kier molecular flexibility index (Phi) is 2.11. The van der Waals surface area contributed by atoms with E-state index in [9.17, 15) is 0 Å². The van der Waals surface area contributed by atoms with Crippen LogP contribution in [0.4, 0.5) is 0 Å². The van der Waals surface area contributed by atoms with Gasteiger partial charge in [0.1, 0.15) is 0 Å². The summed E-state index contributed by atoms with van der Waals surface area (Å²) in [4.78, 5) is 4.33. The fraction of sp³-hybridized carbons (Fsp3) is 0.583. The van der Waals surface area contributed by atoms with Crippen molar-refractivity contribution in [2.24, 2.45) is 17.1 Å². The van der Waals surface area contributed by atoms with Crippen molar-refractivity contribution in [2.75, 3.05) is 6.54 Å². The number of aryl methyl sites for hydroxylation is 1. The van der Waals surface area contributed by atoms with E-state index in [-0.39, 0.29) is 0 Å². The molecule has 1 heterocycles. The number of nitrogens with two attached hydrogens (primary N) is 1. The molecule has 1 aromatic heterocycles. The summed E-state index contributed by atoms with van der Waals surface area (Å²) in [5, 5.41) is 0. The summed E-state index contributed by atoms with van der Waals surface area (Å²) in [6.07, 6.45) is 2.00. The van der Waals surface area contributed by atoms with E-state index in [1.54, 1.807) is 0 Å². The highest BCUT2D eigenvalue weighted by atomic mass is 14.7. The number of hydrogen-bond acceptors (Lipinski definition) is 2. The second-order valence-electron chi connectivity index (χ2n) is 4.87. The molecule has 2 rings (SSSR count). The topological polar surface area (TPSA) is 38.9 Å². The van der Waals surface area contributed by atoms with Crippen LogP contribution >= 0.6 is 0 Å². The van der Waals surface area contributed by atoms with Gasteiger partial charge in [0.15, 0.2) is 0 Å². The van der Waals surface area contributed by atoms with Crippen LogP contribution in [-0.2, 0) is 0 Å². The Balaban J connectivity index is 2.22. The van der Waals surface area contributed by atoms with Crippen molar-refractivity contribution >= 4 is 0 Å². The summed E-state index contributed by atoms with van der Waals surface area (Å²) >= 11 is 0. The van der Waals surface area contributed by atoms with Crippen molar-refractivity contribution < 1.29 is 0 Å². The first-order valence-electron chi connectivity index (χ1n) is 5.20. The van der Waals surface area contributed by atoms with Gasteiger partial charge >= 0.3 is 0 Å². The van der Waals surface area contributed by atoms with E-state index < -0.39 is 0 Å². The zero-order valence-electron chi connectivity index (χ0n) is 9.12. The van der Waals surface area contributed by atoms with Crippen LogP contribution < -0.4 is 5.73 Å². The van der Waals surface area contributed by atoms with E-state index in [0.717, 1.165) is 12.2 Å². The Morgan fingerprint density at radius 2 is 2.14 bits per heavy atom. The fourth-order valence-electron chi connectivity index (χ4n) is 2.51. The van der Waals surface area contributed by atoms with Gasteiger partial charge in [0.25, 0.3) is 0 Å². The van der Waals surface area contributed by atoms with Crippen LogP contribution in [0.3, 0.4) is 0 Å². The van der Waals surface area contributed by atoms with Crippen LogP contribution in [-0.4, -0.2) is 11.5 Å². The largest absolute Gasteiger partial charge is 0.330 e. The smallest absolute Gasteiger partial charge is 0.0372 e. The number of hydrogen-bond donors (Lipinski definition) is 1. The molecule has 2 N–H and O–H groups in total. The number of pyridine rings is 1. The Hall–Kier alpha value is -0.890. The summed E-state index contributed by atoms with van der Waals surface area (Å²) in [6.45, 7) is 7.37. The van der Waals surface area contributed by atoms with Crippen LogP contribution in [0.15, 0.2) is 18.3 Å². The van der Waals surface area contributed by atoms with Gasteiger partial charge in [-0.2, -0.15) is 0 Å². The van der Waals surface area contributed by atoms with Crippen molar-refractivity contribution in [1.29, 1.82) is 0 Å². The van der Waals surface area contributed by atoms with Crippen molar-refractivity contribution in [2.45, 2.75) is 26.7 Å². The fourth-order valence-corrected chi connectivity index (χ4v) is 2.51. The molecule has 0 bridgehead atoms. The molecule has 0 aromatic carbocycles. The minimum Gasteiger partial charge on any atom is -0.330 e. The highest BCUT2D eigenvalue weighted by Gasteiger charge is 2.57. The molecule has 0 amide bonds. The normalized spacial score (nSPS) is 28.9. The predicted octanol–water partition coefficient (Wildman–Crippen LogP) is 2.09. The van der Waals surface area contributed by atoms with Crippen LogP contribution in [0.25, 0.3) is 0 Å². The highest BCUT2D eigenvalue weighted by Crippen LogP contribution is 2.63. The van der Waals surface area contributed by atoms with E-state index in [0.29, 0.717) is 17.3 Å². The number of nitrogens with zero attached hydrogens (tertiary/aromatic N) is 1. The molecule has 0 radical (unpaired) electrons. The maximum atomic E-state index is 5.75. The minimum atomic E-state index is 0.367. The SMILES string of the molecule is Cc1ccc(C2C(CN)C2(C)C)cn1. The first kappa shape index (κ1) is 9.66. The van der Waals surface area contributed by atoms with Gasteiger partial charge in [-0.1, -0.05) is 19.9 Å². The van der Waals surface area contributed by atoms with Crippen molar-refractivity contribution in [1.82, 2.24) is 4.98 Å². The third-order valence-corrected chi connectivity index (χ3v) is 3.60. The molecule has 2 atom stereocenters. The third-order valence-electron chi connectivity index (χ3n) is 3.60. The molecular formula is C12H18N2. The lowest BCUT2D eigenvalue weighted by Gasteiger charge is -2.02. The minimum absolute atomic E-state index is 0.367. The molecule has 0 saturated heterocycles. The van der Waals surface area contributed by atoms with Gasteiger partial charge in [0.2, 0.25) is 0 Å². The van der Waals surface area contributed by atoms with Crippen molar-refractivity contribution in [3.63, 3.8) is 0 Å². The second-order valence-corrected chi connectivity index (χ2v) is 4.87. The third kappa shape index (κ3) is 1.34. The second kappa shape index (κ2) is 3.06. The standard InChI is InChI=1S/C12H18N2/c1-8-4-5-9(7-14-8)11-10(6-13)12(11,2)3/h4-5,7,10-11H,6,13H2,1-3H3. The van der Waals surface area contributed by atoms with Gasteiger partial charge in [0, 0.05) is 11.9 Å². The summed E-state index contributed by atoms with van der Waals surface area (Å²) < 4.78 is 0. The summed E-state index contributed by atoms with van der Waals surface area (Å²) in [5.41, 5.74) is 8.54. The van der Waals surface area contributed by atoms with E-state index in [1.807, 2.05) is 13.1 Å². The van der Waals surface area contributed by atoms with Crippen LogP contribution in [0.1, 0.15) is 31.0 Å². The van der Waals surface area contributed by atoms with E-state index >= 15 is 0 Å². The molecular weight excluding hydrogens is 172 g/mol. The quantitative estimate of drug-likeness (QED) is 0.775. The zero-order chi connectivity index (χ0) is 10.3. The molecule has 1 aliphatic carbocycles. The summed E-state index contributed by atoms with van der Waals surface area (Å²) in [5.74, 6) is 1.24. The maximum Gasteiger partial charge on any atom is 0.0372 e. The first-order valence-corrected chi connectivity index (χ1v) is 5.20. The molecule has 2 unspecified atom stereocenters. The lowest BCUT2D eigenvalue weighted by atomic mass is 10.0. The maximum absolute atomic E-state index is 5.75. The molecule has 0 spiro atoms. The molecule has 1 fully saturated rings. The Morgan fingerprint density at radius 1 is 1.43 bits per heavy atom.